The molecule has 296 valence electrons. The molecule has 0 aromatic carbocycles. The first kappa shape index (κ1) is 42.4. The zero-order valence-electron chi connectivity index (χ0n) is 32.6. The van der Waals surface area contributed by atoms with Gasteiger partial charge in [-0.25, -0.2) is 0 Å². The van der Waals surface area contributed by atoms with Crippen LogP contribution in [0.2, 0.25) is 0 Å². The van der Waals surface area contributed by atoms with Crippen LogP contribution in [0.3, 0.4) is 0 Å². The summed E-state index contributed by atoms with van der Waals surface area (Å²) in [6.45, 7) is 20.4. The lowest BCUT2D eigenvalue weighted by Gasteiger charge is -2.37. The largest absolute Gasteiger partial charge is 0.382 e. The van der Waals surface area contributed by atoms with E-state index in [4.69, 9.17) is 28.4 Å². The number of carbonyl (C=O) groups excluding carboxylic acids is 2. The predicted octanol–water partition coefficient (Wildman–Crippen LogP) is 3.70. The molecule has 4 aliphatic rings. The second-order valence-corrected chi connectivity index (χ2v) is 15.7. The standard InChI is InChI=1S/C39H72N4O8/c1-32(2)29-40-15-5-34(6-16-40)50-36-9-19-42(20-10-36)38(44)13-23-49-28-27-47-22-12-33(3)30-41-17-7-35(8-18-41)51-37-11-21-43(31-37)39(45)14-24-48-26-25-46-4/h32-37H,5-31H2,1-4H3. The van der Waals surface area contributed by atoms with Gasteiger partial charge in [-0.1, -0.05) is 20.8 Å². The molecule has 0 bridgehead atoms. The van der Waals surface area contributed by atoms with Crippen molar-refractivity contribution in [1.82, 2.24) is 19.6 Å². The lowest BCUT2D eigenvalue weighted by Crippen LogP contribution is -2.44. The van der Waals surface area contributed by atoms with E-state index in [2.05, 4.69) is 30.6 Å². The first-order valence-electron chi connectivity index (χ1n) is 20.3. The van der Waals surface area contributed by atoms with Crippen molar-refractivity contribution >= 4 is 11.8 Å². The van der Waals surface area contributed by atoms with Gasteiger partial charge in [-0.15, -0.1) is 0 Å². The van der Waals surface area contributed by atoms with Gasteiger partial charge in [0, 0.05) is 79.2 Å². The molecule has 4 heterocycles. The lowest BCUT2D eigenvalue weighted by atomic mass is 10.0. The van der Waals surface area contributed by atoms with E-state index in [1.807, 2.05) is 9.80 Å². The normalized spacial score (nSPS) is 22.7. The molecule has 4 saturated heterocycles. The fraction of sp³-hybridized carbons (Fsp3) is 0.949. The average molecular weight is 725 g/mol. The average Bonchev–Trinajstić information content (AvgIpc) is 3.59. The Hall–Kier alpha value is -1.38. The lowest BCUT2D eigenvalue weighted by molar-refractivity contribution is -0.136. The SMILES string of the molecule is COCCOCCC(=O)N1CCC(OC2CCN(CC(C)CCOCCOCCC(=O)N3CCC(OC4CCN(CC(C)C)CC4)CC3)CC2)C1. The summed E-state index contributed by atoms with van der Waals surface area (Å²) in [5.41, 5.74) is 0. The zero-order valence-corrected chi connectivity index (χ0v) is 32.6. The van der Waals surface area contributed by atoms with E-state index in [1.165, 1.54) is 6.54 Å². The summed E-state index contributed by atoms with van der Waals surface area (Å²) in [7, 11) is 1.64. The quantitative estimate of drug-likeness (QED) is 0.145. The predicted molar refractivity (Wildman–Crippen MR) is 198 cm³/mol. The van der Waals surface area contributed by atoms with Crippen molar-refractivity contribution in [3.8, 4) is 0 Å². The second-order valence-electron chi connectivity index (χ2n) is 15.7. The van der Waals surface area contributed by atoms with Crippen LogP contribution in [0.15, 0.2) is 0 Å². The number of likely N-dealkylation sites (tertiary alicyclic amines) is 4. The van der Waals surface area contributed by atoms with Gasteiger partial charge in [-0.05, 0) is 63.2 Å². The molecule has 0 N–H and O–H groups in total. The molecule has 0 aromatic rings. The van der Waals surface area contributed by atoms with Crippen molar-refractivity contribution in [1.29, 1.82) is 0 Å². The maximum absolute atomic E-state index is 12.7. The Bertz CT molecular complexity index is 951. The molecule has 0 aromatic heterocycles. The minimum atomic E-state index is 0.150. The van der Waals surface area contributed by atoms with E-state index in [0.717, 1.165) is 116 Å². The Morgan fingerprint density at radius 2 is 1.00 bits per heavy atom. The Labute approximate surface area is 309 Å². The van der Waals surface area contributed by atoms with Crippen molar-refractivity contribution in [3.05, 3.63) is 0 Å². The summed E-state index contributed by atoms with van der Waals surface area (Å²) >= 11 is 0. The van der Waals surface area contributed by atoms with Gasteiger partial charge in [-0.2, -0.15) is 0 Å². The Balaban J connectivity index is 0.926. The van der Waals surface area contributed by atoms with E-state index in [-0.39, 0.29) is 30.1 Å². The molecular formula is C39H72N4O8. The first-order chi connectivity index (χ1) is 24.8. The van der Waals surface area contributed by atoms with Gasteiger partial charge in [0.2, 0.25) is 11.8 Å². The highest BCUT2D eigenvalue weighted by Gasteiger charge is 2.31. The molecule has 4 aliphatic heterocycles. The summed E-state index contributed by atoms with van der Waals surface area (Å²) in [5.74, 6) is 1.62. The van der Waals surface area contributed by atoms with Crippen LogP contribution in [0.1, 0.15) is 85.0 Å². The summed E-state index contributed by atoms with van der Waals surface area (Å²) in [6, 6.07) is 0. The maximum atomic E-state index is 12.7. The number of hydrogen-bond donors (Lipinski definition) is 0. The van der Waals surface area contributed by atoms with E-state index in [1.54, 1.807) is 7.11 Å². The molecule has 2 unspecified atom stereocenters. The van der Waals surface area contributed by atoms with Crippen LogP contribution < -0.4 is 0 Å². The third-order valence-corrected chi connectivity index (χ3v) is 10.8. The van der Waals surface area contributed by atoms with Crippen molar-refractivity contribution in [3.63, 3.8) is 0 Å². The number of ether oxygens (including phenoxy) is 6. The fourth-order valence-electron chi connectivity index (χ4n) is 7.84. The van der Waals surface area contributed by atoms with Gasteiger partial charge in [-0.3, -0.25) is 9.59 Å². The number of carbonyl (C=O) groups is 2. The number of amides is 2. The van der Waals surface area contributed by atoms with E-state index in [0.29, 0.717) is 71.0 Å². The summed E-state index contributed by atoms with van der Waals surface area (Å²) in [4.78, 5) is 34.2. The van der Waals surface area contributed by atoms with Gasteiger partial charge in [0.25, 0.3) is 0 Å². The Morgan fingerprint density at radius 1 is 0.549 bits per heavy atom. The second kappa shape index (κ2) is 24.1. The first-order valence-corrected chi connectivity index (χ1v) is 20.3. The molecule has 0 spiro atoms. The molecule has 51 heavy (non-hydrogen) atoms. The molecule has 12 nitrogen and oxygen atoms in total. The third-order valence-electron chi connectivity index (χ3n) is 10.8. The Morgan fingerprint density at radius 3 is 1.57 bits per heavy atom. The zero-order chi connectivity index (χ0) is 36.3. The number of piperidine rings is 3. The summed E-state index contributed by atoms with van der Waals surface area (Å²) < 4.78 is 34.9. The van der Waals surface area contributed by atoms with E-state index in [9.17, 15) is 9.59 Å². The number of methoxy groups -OCH3 is 1. The van der Waals surface area contributed by atoms with E-state index >= 15 is 0 Å². The Kier molecular flexibility index (Phi) is 20.0. The molecular weight excluding hydrogens is 652 g/mol. The van der Waals surface area contributed by atoms with Gasteiger partial charge in [0.15, 0.2) is 0 Å². The summed E-state index contributed by atoms with van der Waals surface area (Å²) in [6.07, 6.45) is 10.1. The molecule has 0 radical (unpaired) electrons. The molecule has 4 rings (SSSR count). The molecule has 0 aliphatic carbocycles. The van der Waals surface area contributed by atoms with E-state index < -0.39 is 0 Å². The van der Waals surface area contributed by atoms with Gasteiger partial charge in [0.1, 0.15) is 0 Å². The van der Waals surface area contributed by atoms with Gasteiger partial charge >= 0.3 is 0 Å². The van der Waals surface area contributed by atoms with Crippen molar-refractivity contribution < 1.29 is 38.0 Å². The number of nitrogens with zero attached hydrogens (tertiary/aromatic N) is 4. The molecule has 0 saturated carbocycles. The third kappa shape index (κ3) is 16.7. The topological polar surface area (TPSA) is 102 Å². The van der Waals surface area contributed by atoms with Gasteiger partial charge < -0.3 is 48.0 Å². The van der Waals surface area contributed by atoms with Crippen molar-refractivity contribution in [2.24, 2.45) is 11.8 Å². The highest BCUT2D eigenvalue weighted by atomic mass is 16.5. The van der Waals surface area contributed by atoms with Crippen LogP contribution in [-0.4, -0.2) is 175 Å². The van der Waals surface area contributed by atoms with Crippen LogP contribution in [0, 0.1) is 11.8 Å². The summed E-state index contributed by atoms with van der Waals surface area (Å²) in [5, 5.41) is 0. The van der Waals surface area contributed by atoms with Crippen LogP contribution in [-0.2, 0) is 38.0 Å². The highest BCUT2D eigenvalue weighted by molar-refractivity contribution is 5.76. The molecule has 12 heteroatoms. The minimum absolute atomic E-state index is 0.150. The van der Waals surface area contributed by atoms with Crippen molar-refractivity contribution in [2.75, 3.05) is 119 Å². The van der Waals surface area contributed by atoms with Gasteiger partial charge in [0.05, 0.1) is 76.9 Å². The number of hydrogen-bond acceptors (Lipinski definition) is 10. The van der Waals surface area contributed by atoms with Crippen molar-refractivity contribution in [2.45, 2.75) is 109 Å². The molecule has 2 amide bonds. The maximum Gasteiger partial charge on any atom is 0.224 e. The smallest absolute Gasteiger partial charge is 0.224 e. The number of rotatable bonds is 23. The van der Waals surface area contributed by atoms with Crippen LogP contribution >= 0.6 is 0 Å². The van der Waals surface area contributed by atoms with Crippen LogP contribution in [0.4, 0.5) is 0 Å². The fourth-order valence-corrected chi connectivity index (χ4v) is 7.84. The highest BCUT2D eigenvalue weighted by Crippen LogP contribution is 2.23. The molecule has 2 atom stereocenters. The minimum Gasteiger partial charge on any atom is -0.382 e. The van der Waals surface area contributed by atoms with Crippen LogP contribution in [0.5, 0.6) is 0 Å². The monoisotopic (exact) mass is 725 g/mol. The van der Waals surface area contributed by atoms with Crippen LogP contribution in [0.25, 0.3) is 0 Å². The molecule has 4 fully saturated rings.